The number of aliphatic imine (C=N–C) groups is 1. The topological polar surface area (TPSA) is 115 Å². The van der Waals surface area contributed by atoms with E-state index in [9.17, 15) is 10.5 Å². The Morgan fingerprint density at radius 2 is 1.92 bits per heavy atom. The SMILES string of the molecule is N#C[C@]12C(=N)N=C3O[C@]4(CCCC[C@H]41)O[C@@H](c1ccncc1)[C@]32C#N. The Kier molecular flexibility index (Phi) is 2.59. The van der Waals surface area contributed by atoms with Crippen molar-refractivity contribution in [3.05, 3.63) is 30.1 Å². The Hall–Kier alpha value is -2.77. The largest absolute Gasteiger partial charge is 0.447 e. The molecule has 0 aromatic carbocycles. The van der Waals surface area contributed by atoms with Crippen LogP contribution in [0, 0.1) is 44.8 Å². The van der Waals surface area contributed by atoms with Gasteiger partial charge in [0.05, 0.1) is 18.1 Å². The van der Waals surface area contributed by atoms with Gasteiger partial charge in [0.1, 0.15) is 11.9 Å². The Bertz CT molecular complexity index is 900. The highest BCUT2D eigenvalue weighted by Crippen LogP contribution is 2.72. The molecule has 1 N–H and O–H groups in total. The van der Waals surface area contributed by atoms with Crippen molar-refractivity contribution in [2.24, 2.45) is 21.7 Å². The lowest BCUT2D eigenvalue weighted by Crippen LogP contribution is -2.72. The van der Waals surface area contributed by atoms with E-state index < -0.39 is 22.7 Å². The number of aromatic nitrogens is 1. The van der Waals surface area contributed by atoms with Gasteiger partial charge in [0, 0.05) is 18.8 Å². The molecule has 5 atom stereocenters. The molecule has 1 spiro atoms. The summed E-state index contributed by atoms with van der Waals surface area (Å²) < 4.78 is 12.5. The van der Waals surface area contributed by atoms with Gasteiger partial charge in [-0.1, -0.05) is 6.42 Å². The van der Waals surface area contributed by atoms with Crippen LogP contribution in [0.5, 0.6) is 0 Å². The fourth-order valence-corrected chi connectivity index (χ4v) is 5.16. The Morgan fingerprint density at radius 1 is 1.16 bits per heavy atom. The van der Waals surface area contributed by atoms with Gasteiger partial charge < -0.3 is 9.47 Å². The molecule has 4 aliphatic heterocycles. The molecule has 1 aromatic rings. The summed E-state index contributed by atoms with van der Waals surface area (Å²) in [6.45, 7) is 0. The Labute approximate surface area is 144 Å². The third kappa shape index (κ3) is 1.35. The summed E-state index contributed by atoms with van der Waals surface area (Å²) in [5.74, 6) is -1.24. The summed E-state index contributed by atoms with van der Waals surface area (Å²) >= 11 is 0. The van der Waals surface area contributed by atoms with Gasteiger partial charge in [-0.05, 0) is 30.5 Å². The maximum Gasteiger partial charge on any atom is 0.218 e. The fraction of sp³-hybridized carbons (Fsp3) is 0.500. The summed E-state index contributed by atoms with van der Waals surface area (Å²) in [6, 6.07) is 8.21. The minimum Gasteiger partial charge on any atom is -0.447 e. The zero-order chi connectivity index (χ0) is 17.3. The molecule has 5 aliphatic rings. The average molecular weight is 333 g/mol. The average Bonchev–Trinajstić information content (AvgIpc) is 2.85. The molecule has 4 bridgehead atoms. The molecule has 3 saturated heterocycles. The second kappa shape index (κ2) is 4.44. The van der Waals surface area contributed by atoms with E-state index in [2.05, 4.69) is 22.1 Å². The van der Waals surface area contributed by atoms with E-state index >= 15 is 0 Å². The quantitative estimate of drug-likeness (QED) is 0.847. The van der Waals surface area contributed by atoms with E-state index in [1.54, 1.807) is 24.5 Å². The van der Waals surface area contributed by atoms with Gasteiger partial charge in [-0.25, -0.2) is 0 Å². The number of amidine groups is 1. The minimum absolute atomic E-state index is 0.0670. The molecule has 0 unspecified atom stereocenters. The number of hydrogen-bond acceptors (Lipinski definition) is 6. The van der Waals surface area contributed by atoms with Crippen LogP contribution in [0.2, 0.25) is 0 Å². The van der Waals surface area contributed by atoms with Gasteiger partial charge >= 0.3 is 0 Å². The van der Waals surface area contributed by atoms with Crippen molar-refractivity contribution in [3.63, 3.8) is 0 Å². The third-order valence-corrected chi connectivity index (χ3v) is 6.21. The van der Waals surface area contributed by atoms with Gasteiger partial charge in [0.15, 0.2) is 10.8 Å². The highest BCUT2D eigenvalue weighted by atomic mass is 16.7. The number of ether oxygens (including phenoxy) is 2. The van der Waals surface area contributed by atoms with Crippen LogP contribution in [0.3, 0.4) is 0 Å². The lowest BCUT2D eigenvalue weighted by atomic mass is 9.48. The third-order valence-electron chi connectivity index (χ3n) is 6.21. The van der Waals surface area contributed by atoms with E-state index in [-0.39, 0.29) is 17.7 Å². The number of nitriles is 2. The number of fused-ring (bicyclic) bond motifs is 1. The number of pyridine rings is 1. The zero-order valence-corrected chi connectivity index (χ0v) is 13.4. The monoisotopic (exact) mass is 333 g/mol. The van der Waals surface area contributed by atoms with Crippen LogP contribution < -0.4 is 0 Å². The maximum atomic E-state index is 10.2. The van der Waals surface area contributed by atoms with E-state index in [4.69, 9.17) is 14.9 Å². The molecule has 0 radical (unpaired) electrons. The second-order valence-electron chi connectivity index (χ2n) is 7.10. The van der Waals surface area contributed by atoms with Crippen molar-refractivity contribution < 1.29 is 9.47 Å². The summed E-state index contributed by atoms with van der Waals surface area (Å²) in [5.41, 5.74) is -2.00. The first-order valence-electron chi connectivity index (χ1n) is 8.42. The van der Waals surface area contributed by atoms with Gasteiger partial charge in [0.25, 0.3) is 0 Å². The van der Waals surface area contributed by atoms with Crippen molar-refractivity contribution in [1.29, 1.82) is 15.9 Å². The van der Waals surface area contributed by atoms with Crippen LogP contribution in [-0.4, -0.2) is 22.5 Å². The van der Waals surface area contributed by atoms with Crippen LogP contribution in [-0.2, 0) is 9.47 Å². The highest BCUT2D eigenvalue weighted by molar-refractivity contribution is 6.12. The van der Waals surface area contributed by atoms with Crippen molar-refractivity contribution in [1.82, 2.24) is 4.98 Å². The molecule has 7 nitrogen and oxygen atoms in total. The maximum absolute atomic E-state index is 10.2. The summed E-state index contributed by atoms with van der Waals surface area (Å²) in [7, 11) is 0. The van der Waals surface area contributed by atoms with E-state index in [1.165, 1.54) is 0 Å². The first kappa shape index (κ1) is 14.6. The predicted octanol–water partition coefficient (Wildman–Crippen LogP) is 2.48. The second-order valence-corrected chi connectivity index (χ2v) is 7.10. The van der Waals surface area contributed by atoms with Gasteiger partial charge in [-0.3, -0.25) is 10.4 Å². The van der Waals surface area contributed by atoms with Crippen molar-refractivity contribution in [2.75, 3.05) is 0 Å². The van der Waals surface area contributed by atoms with Crippen LogP contribution in [0.1, 0.15) is 37.4 Å². The van der Waals surface area contributed by atoms with Gasteiger partial charge in [-0.2, -0.15) is 15.5 Å². The van der Waals surface area contributed by atoms with Crippen LogP contribution >= 0.6 is 0 Å². The summed E-state index contributed by atoms with van der Waals surface area (Å²) in [6.07, 6.45) is 5.73. The first-order valence-corrected chi connectivity index (χ1v) is 8.42. The van der Waals surface area contributed by atoms with Crippen molar-refractivity contribution >= 4 is 11.7 Å². The highest BCUT2D eigenvalue weighted by Gasteiger charge is 2.83. The molecule has 25 heavy (non-hydrogen) atoms. The number of nitrogens with zero attached hydrogens (tertiary/aromatic N) is 4. The van der Waals surface area contributed by atoms with Crippen LogP contribution in [0.25, 0.3) is 0 Å². The van der Waals surface area contributed by atoms with Gasteiger partial charge in [-0.15, -0.1) is 0 Å². The summed E-state index contributed by atoms with van der Waals surface area (Å²) in [4.78, 5) is 8.28. The zero-order valence-electron chi connectivity index (χ0n) is 13.4. The molecule has 1 aliphatic carbocycles. The Balaban J connectivity index is 1.82. The molecule has 7 heteroatoms. The lowest BCUT2D eigenvalue weighted by molar-refractivity contribution is -0.355. The van der Waals surface area contributed by atoms with Crippen molar-refractivity contribution in [3.8, 4) is 12.1 Å². The van der Waals surface area contributed by atoms with Crippen molar-refractivity contribution in [2.45, 2.75) is 37.6 Å². The normalized spacial score (nSPS) is 43.4. The van der Waals surface area contributed by atoms with E-state index in [0.29, 0.717) is 12.8 Å². The van der Waals surface area contributed by atoms with Gasteiger partial charge in [0.2, 0.25) is 11.7 Å². The molecule has 4 fully saturated rings. The smallest absolute Gasteiger partial charge is 0.218 e. The molecular weight excluding hydrogens is 318 g/mol. The van der Waals surface area contributed by atoms with E-state index in [1.807, 2.05) is 0 Å². The first-order chi connectivity index (χ1) is 12.1. The molecule has 6 rings (SSSR count). The fourth-order valence-electron chi connectivity index (χ4n) is 5.16. The lowest BCUT2D eigenvalue weighted by Gasteiger charge is -2.63. The molecule has 0 amide bonds. The van der Waals surface area contributed by atoms with E-state index in [0.717, 1.165) is 18.4 Å². The molecule has 124 valence electrons. The number of rotatable bonds is 1. The summed E-state index contributed by atoms with van der Waals surface area (Å²) in [5, 5.41) is 28.9. The van der Waals surface area contributed by atoms with Crippen LogP contribution in [0.4, 0.5) is 0 Å². The molecule has 1 aromatic heterocycles. The van der Waals surface area contributed by atoms with Crippen LogP contribution in [0.15, 0.2) is 29.5 Å². The Morgan fingerprint density at radius 3 is 2.64 bits per heavy atom. The molecular formula is C18H15N5O2. The molecule has 1 saturated carbocycles. The minimum atomic E-state index is -1.43. The molecule has 5 heterocycles. The predicted molar refractivity (Wildman–Crippen MR) is 85.1 cm³/mol. The number of nitrogens with one attached hydrogen (secondary N) is 1. The number of hydrogen-bond donors (Lipinski definition) is 1. The standard InChI is InChI=1S/C18H15N5O2/c19-9-16-12-3-1-2-6-18(12)24-13(11-4-7-22-8-5-11)17(16,10-20)15(25-18)23-14(16)21/h4-5,7-8,12-13,21H,1-3,6H2/t12-,13-,16+,17+,18-/m0/s1.